The quantitative estimate of drug-likeness (QED) is 0.754. The molecule has 0 aromatic carbocycles. The van der Waals surface area contributed by atoms with Gasteiger partial charge in [0.15, 0.2) is 5.82 Å². The molecule has 136 valence electrons. The van der Waals surface area contributed by atoms with Gasteiger partial charge < -0.3 is 19.7 Å². The molecule has 0 amide bonds. The van der Waals surface area contributed by atoms with Crippen LogP contribution in [0.15, 0.2) is 30.0 Å². The van der Waals surface area contributed by atoms with E-state index in [1.807, 2.05) is 15.7 Å². The van der Waals surface area contributed by atoms with Gasteiger partial charge in [-0.1, -0.05) is 0 Å². The molecule has 10 nitrogen and oxygen atoms in total. The Hall–Kier alpha value is -2.72. The number of hydrogen-bond acceptors (Lipinski definition) is 7. The van der Waals surface area contributed by atoms with E-state index >= 15 is 0 Å². The fourth-order valence-corrected chi connectivity index (χ4v) is 4.18. The van der Waals surface area contributed by atoms with Crippen LogP contribution >= 0.6 is 0 Å². The van der Waals surface area contributed by atoms with Gasteiger partial charge in [-0.2, -0.15) is 0 Å². The average molecular weight is 357 g/mol. The number of fused-ring (bicyclic) bond motifs is 2. The highest BCUT2D eigenvalue weighted by Gasteiger charge is 2.69. The summed E-state index contributed by atoms with van der Waals surface area (Å²) in [7, 11) is 0. The summed E-state index contributed by atoms with van der Waals surface area (Å²) in [6.45, 7) is 1.91. The Morgan fingerprint density at radius 1 is 1.42 bits per heavy atom. The van der Waals surface area contributed by atoms with Gasteiger partial charge in [0.1, 0.15) is 18.0 Å². The van der Waals surface area contributed by atoms with Crippen LogP contribution in [0, 0.1) is 0 Å². The number of carboxylic acids is 1. The molecule has 3 atom stereocenters. The van der Waals surface area contributed by atoms with E-state index < -0.39 is 17.7 Å². The lowest BCUT2D eigenvalue weighted by atomic mass is 10.0. The van der Waals surface area contributed by atoms with Gasteiger partial charge >= 0.3 is 5.97 Å². The van der Waals surface area contributed by atoms with Crippen LogP contribution < -0.4 is 5.32 Å². The Balaban J connectivity index is 1.47. The number of aryl methyl sites for hydroxylation is 1. The Morgan fingerprint density at radius 2 is 2.31 bits per heavy atom. The van der Waals surface area contributed by atoms with Gasteiger partial charge in [-0.3, -0.25) is 4.57 Å². The lowest BCUT2D eigenvalue weighted by Crippen LogP contribution is -2.55. The van der Waals surface area contributed by atoms with E-state index in [9.17, 15) is 9.90 Å². The summed E-state index contributed by atoms with van der Waals surface area (Å²) in [5.41, 5.74) is -0.551. The Morgan fingerprint density at radius 3 is 3.08 bits per heavy atom. The number of rotatable bonds is 6. The van der Waals surface area contributed by atoms with E-state index in [0.717, 1.165) is 18.7 Å². The van der Waals surface area contributed by atoms with Crippen LogP contribution in [0.1, 0.15) is 18.5 Å². The minimum atomic E-state index is -1.30. The molecule has 3 fully saturated rings. The molecule has 2 aromatic rings. The topological polar surface area (TPSA) is 110 Å². The van der Waals surface area contributed by atoms with E-state index in [4.69, 9.17) is 4.74 Å². The fraction of sp³-hybridized carbons (Fsp3) is 0.500. The molecule has 0 aliphatic carbocycles. The molecule has 6 rings (SSSR count). The number of aromatic nitrogens is 4. The first-order chi connectivity index (χ1) is 12.7. The van der Waals surface area contributed by atoms with E-state index in [0.29, 0.717) is 25.3 Å². The maximum Gasteiger partial charge on any atom is 0.348 e. The molecule has 4 aliphatic rings. The van der Waals surface area contributed by atoms with Crippen LogP contribution in [0.3, 0.4) is 0 Å². The highest BCUT2D eigenvalue weighted by molar-refractivity contribution is 5.80. The minimum Gasteiger partial charge on any atom is -0.478 e. The normalized spacial score (nSPS) is 29.2. The zero-order valence-electron chi connectivity index (χ0n) is 14.0. The monoisotopic (exact) mass is 357 g/mol. The molecule has 10 heteroatoms. The van der Waals surface area contributed by atoms with E-state index in [2.05, 4.69) is 20.3 Å². The molecule has 6 heterocycles. The zero-order valence-corrected chi connectivity index (χ0v) is 14.0. The summed E-state index contributed by atoms with van der Waals surface area (Å²) in [6.07, 6.45) is 9.48. The smallest absolute Gasteiger partial charge is 0.348 e. The van der Waals surface area contributed by atoms with Crippen molar-refractivity contribution in [3.05, 3.63) is 30.7 Å². The lowest BCUT2D eigenvalue weighted by Gasteiger charge is -2.34. The number of carbonyl (C=O) groups is 1. The highest BCUT2D eigenvalue weighted by Crippen LogP contribution is 2.51. The SMILES string of the molecule is O=C(O)[C@]1(n2cnc3c2N=CNC3)C2CC(O2)N1CCCn1ccnc1. The maximum atomic E-state index is 12.5. The number of nitrogens with zero attached hydrogens (tertiary/aromatic N) is 6. The Labute approximate surface area is 149 Å². The van der Waals surface area contributed by atoms with Crippen molar-refractivity contribution in [2.24, 2.45) is 4.99 Å². The van der Waals surface area contributed by atoms with Crippen molar-refractivity contribution in [3.8, 4) is 0 Å². The predicted molar refractivity (Wildman–Crippen MR) is 89.7 cm³/mol. The largest absolute Gasteiger partial charge is 0.478 e. The third-order valence-electron chi connectivity index (χ3n) is 5.39. The first-order valence-corrected chi connectivity index (χ1v) is 8.65. The van der Waals surface area contributed by atoms with Gasteiger partial charge in [-0.05, 0) is 6.42 Å². The molecular weight excluding hydrogens is 338 g/mol. The number of nitrogens with one attached hydrogen (secondary N) is 1. The van der Waals surface area contributed by atoms with Crippen LogP contribution in [0.4, 0.5) is 5.82 Å². The van der Waals surface area contributed by atoms with Crippen molar-refractivity contribution >= 4 is 18.1 Å². The highest BCUT2D eigenvalue weighted by atomic mass is 16.6. The summed E-state index contributed by atoms with van der Waals surface area (Å²) in [6, 6.07) is 0. The van der Waals surface area contributed by atoms with Crippen LogP contribution in [0.25, 0.3) is 0 Å². The zero-order chi connectivity index (χ0) is 17.7. The van der Waals surface area contributed by atoms with Gasteiger partial charge in [0.2, 0.25) is 5.66 Å². The van der Waals surface area contributed by atoms with Gasteiger partial charge in [-0.25, -0.2) is 24.7 Å². The maximum absolute atomic E-state index is 12.5. The van der Waals surface area contributed by atoms with E-state index in [1.165, 1.54) is 0 Å². The van der Waals surface area contributed by atoms with Gasteiger partial charge in [-0.15, -0.1) is 0 Å². The summed E-state index contributed by atoms with van der Waals surface area (Å²) < 4.78 is 9.51. The Kier molecular flexibility index (Phi) is 3.37. The van der Waals surface area contributed by atoms with Gasteiger partial charge in [0.25, 0.3) is 0 Å². The molecule has 0 radical (unpaired) electrons. The molecule has 2 N–H and O–H groups in total. The molecule has 2 aromatic heterocycles. The van der Waals surface area contributed by atoms with Crippen molar-refractivity contribution in [2.45, 2.75) is 43.9 Å². The molecule has 3 saturated heterocycles. The van der Waals surface area contributed by atoms with Crippen LogP contribution in [-0.4, -0.2) is 60.3 Å². The molecule has 0 saturated carbocycles. The van der Waals surface area contributed by atoms with Crippen molar-refractivity contribution in [1.29, 1.82) is 0 Å². The third-order valence-corrected chi connectivity index (χ3v) is 5.39. The molecular formula is C16H19N7O3. The van der Waals surface area contributed by atoms with Crippen LogP contribution in [0.5, 0.6) is 0 Å². The van der Waals surface area contributed by atoms with Crippen molar-refractivity contribution in [1.82, 2.24) is 29.3 Å². The number of hydrogen-bond donors (Lipinski definition) is 2. The van der Waals surface area contributed by atoms with Crippen LogP contribution in [0.2, 0.25) is 0 Å². The number of imidazole rings is 2. The molecule has 2 bridgehead atoms. The fourth-order valence-electron chi connectivity index (χ4n) is 4.18. The molecule has 2 unspecified atom stereocenters. The van der Waals surface area contributed by atoms with E-state index in [-0.39, 0.29) is 6.23 Å². The molecule has 26 heavy (non-hydrogen) atoms. The second-order valence-electron chi connectivity index (χ2n) is 6.72. The number of aliphatic carboxylic acids is 1. The minimum absolute atomic E-state index is 0.178. The number of aliphatic imine (C=N–C) groups is 1. The molecule has 0 spiro atoms. The summed E-state index contributed by atoms with van der Waals surface area (Å²) in [4.78, 5) is 27.2. The Bertz CT molecular complexity index is 855. The first kappa shape index (κ1) is 15.5. The number of ether oxygens (including phenoxy) is 1. The third kappa shape index (κ3) is 1.99. The summed E-state index contributed by atoms with van der Waals surface area (Å²) >= 11 is 0. The van der Waals surface area contributed by atoms with Gasteiger partial charge in [0.05, 0.1) is 25.5 Å². The van der Waals surface area contributed by atoms with Crippen LogP contribution in [-0.2, 0) is 28.3 Å². The second kappa shape index (κ2) is 5.64. The van der Waals surface area contributed by atoms with Crippen molar-refractivity contribution in [2.75, 3.05) is 6.54 Å². The standard InChI is InChI=1S/C16H19N7O3/c24-15(25)16(23-10-20-11-7-18-8-19-14(11)23)12-6-13(26-12)22(16)4-1-3-21-5-2-17-9-21/h2,5,8-10,12-13H,1,3-4,6-7H2,(H,18,19)(H,24,25)/t12?,13?,16-/m1/s1. The number of carboxylic acid groups (broad SMARTS) is 1. The summed E-state index contributed by atoms with van der Waals surface area (Å²) in [5, 5.41) is 13.2. The predicted octanol–water partition coefficient (Wildman–Crippen LogP) is 0.101. The van der Waals surface area contributed by atoms with Crippen molar-refractivity contribution < 1.29 is 14.6 Å². The molecule has 4 aliphatic heterocycles. The lowest BCUT2D eigenvalue weighted by molar-refractivity contribution is -0.158. The van der Waals surface area contributed by atoms with E-state index in [1.54, 1.807) is 29.8 Å². The first-order valence-electron chi connectivity index (χ1n) is 8.65. The summed E-state index contributed by atoms with van der Waals surface area (Å²) in [5.74, 6) is -0.346. The average Bonchev–Trinajstić information content (AvgIpc) is 3.34. The van der Waals surface area contributed by atoms with Gasteiger partial charge in [0, 0.05) is 31.9 Å². The van der Waals surface area contributed by atoms with Crippen molar-refractivity contribution in [3.63, 3.8) is 0 Å². The second-order valence-corrected chi connectivity index (χ2v) is 6.72.